The van der Waals surface area contributed by atoms with Crippen molar-refractivity contribution < 1.29 is 10.3 Å². The van der Waals surface area contributed by atoms with Crippen molar-refractivity contribution in [1.29, 1.82) is 0 Å². The molecule has 1 saturated carbocycles. The molecule has 1 aliphatic rings. The molecule has 1 heterocycles. The van der Waals surface area contributed by atoms with Gasteiger partial charge in [0.05, 0.1) is 10.6 Å². The minimum atomic E-state index is -0.688. The third-order valence-electron chi connectivity index (χ3n) is 3.68. The molecule has 4 N–H and O–H groups in total. The third-order valence-corrected chi connectivity index (χ3v) is 4.05. The van der Waals surface area contributed by atoms with Gasteiger partial charge in [-0.3, -0.25) is 0 Å². The van der Waals surface area contributed by atoms with Gasteiger partial charge >= 0.3 is 0 Å². The van der Waals surface area contributed by atoms with E-state index in [1.165, 1.54) is 0 Å². The largest absolute Gasteiger partial charge is 0.409 e. The van der Waals surface area contributed by atoms with Crippen LogP contribution in [0.4, 0.5) is 5.82 Å². The Morgan fingerprint density at radius 3 is 2.80 bits per heavy atom. The quantitative estimate of drug-likeness (QED) is 0.339. The molecule has 0 bridgehead atoms. The van der Waals surface area contributed by atoms with Crippen molar-refractivity contribution in [1.82, 2.24) is 4.98 Å². The highest BCUT2D eigenvalue weighted by Gasteiger charge is 2.33. The highest BCUT2D eigenvalue weighted by Crippen LogP contribution is 2.33. The third kappa shape index (κ3) is 2.96. The lowest BCUT2D eigenvalue weighted by molar-refractivity contribution is 0.0558. The van der Waals surface area contributed by atoms with Crippen LogP contribution >= 0.6 is 11.6 Å². The highest BCUT2D eigenvalue weighted by molar-refractivity contribution is 6.36. The Balaban J connectivity index is 2.24. The molecule has 0 radical (unpaired) electrons. The molecule has 0 atom stereocenters. The number of pyridine rings is 1. The number of aromatic nitrogens is 1. The standard InChI is InChI=1S/C13H19ClN4O2/c1-18(8-13(19)5-2-3-6-13)12-10(14)9(4-7-16-12)11(15)17-20/h4,7,19-20H,2-3,5-6,8H2,1H3,(H2,15,17). The molecule has 7 heteroatoms. The summed E-state index contributed by atoms with van der Waals surface area (Å²) in [6.45, 7) is 0.458. The number of hydrogen-bond donors (Lipinski definition) is 3. The van der Waals surface area contributed by atoms with Crippen molar-refractivity contribution in [3.05, 3.63) is 22.8 Å². The van der Waals surface area contributed by atoms with Crippen LogP contribution in [0.3, 0.4) is 0 Å². The van der Waals surface area contributed by atoms with Crippen LogP contribution in [0, 0.1) is 0 Å². The Kier molecular flexibility index (Phi) is 4.35. The summed E-state index contributed by atoms with van der Waals surface area (Å²) >= 11 is 6.25. The molecule has 0 aliphatic heterocycles. The normalized spacial score (nSPS) is 18.2. The van der Waals surface area contributed by atoms with Crippen molar-refractivity contribution in [3.8, 4) is 0 Å². The van der Waals surface area contributed by atoms with E-state index in [4.69, 9.17) is 22.5 Å². The fourth-order valence-electron chi connectivity index (χ4n) is 2.66. The molecule has 110 valence electrons. The van der Waals surface area contributed by atoms with E-state index < -0.39 is 5.60 Å². The molecule has 0 unspecified atom stereocenters. The SMILES string of the molecule is CN(CC1(O)CCCC1)c1nccc(/C(N)=N/O)c1Cl. The number of rotatable bonds is 4. The van der Waals surface area contributed by atoms with Crippen LogP contribution in [-0.4, -0.2) is 40.3 Å². The first-order valence-corrected chi connectivity index (χ1v) is 6.90. The van der Waals surface area contributed by atoms with E-state index in [-0.39, 0.29) is 5.84 Å². The van der Waals surface area contributed by atoms with E-state index in [0.717, 1.165) is 25.7 Å². The lowest BCUT2D eigenvalue weighted by Gasteiger charge is -2.30. The van der Waals surface area contributed by atoms with E-state index in [0.29, 0.717) is 22.9 Å². The second kappa shape index (κ2) is 5.85. The maximum absolute atomic E-state index is 10.4. The van der Waals surface area contributed by atoms with Gasteiger partial charge < -0.3 is 20.9 Å². The molecule has 0 aromatic carbocycles. The zero-order valence-electron chi connectivity index (χ0n) is 11.4. The number of oxime groups is 1. The molecule has 1 aromatic rings. The van der Waals surface area contributed by atoms with Crippen molar-refractivity contribution >= 4 is 23.3 Å². The molecule has 1 aromatic heterocycles. The van der Waals surface area contributed by atoms with Gasteiger partial charge in [-0.05, 0) is 18.9 Å². The number of amidine groups is 1. The lowest BCUT2D eigenvalue weighted by Crippen LogP contribution is -2.39. The Labute approximate surface area is 122 Å². The van der Waals surface area contributed by atoms with Gasteiger partial charge in [-0.1, -0.05) is 29.6 Å². The number of likely N-dealkylation sites (N-methyl/N-ethyl adjacent to an activating group) is 1. The molecule has 0 amide bonds. The minimum Gasteiger partial charge on any atom is -0.409 e. The zero-order chi connectivity index (χ0) is 14.8. The summed E-state index contributed by atoms with van der Waals surface area (Å²) in [6, 6.07) is 1.58. The Bertz CT molecular complexity index is 515. The number of hydrogen-bond acceptors (Lipinski definition) is 5. The van der Waals surface area contributed by atoms with Gasteiger partial charge in [-0.25, -0.2) is 4.98 Å². The average molecular weight is 299 g/mol. The molecule has 1 aliphatic carbocycles. The smallest absolute Gasteiger partial charge is 0.171 e. The summed E-state index contributed by atoms with van der Waals surface area (Å²) < 4.78 is 0. The zero-order valence-corrected chi connectivity index (χ0v) is 12.1. The van der Waals surface area contributed by atoms with Crippen molar-refractivity contribution in [2.75, 3.05) is 18.5 Å². The van der Waals surface area contributed by atoms with Gasteiger partial charge in [0, 0.05) is 25.4 Å². The number of halogens is 1. The van der Waals surface area contributed by atoms with E-state index in [2.05, 4.69) is 10.1 Å². The second-order valence-corrected chi connectivity index (χ2v) is 5.65. The monoisotopic (exact) mass is 298 g/mol. The van der Waals surface area contributed by atoms with E-state index >= 15 is 0 Å². The van der Waals surface area contributed by atoms with E-state index in [9.17, 15) is 5.11 Å². The predicted octanol–water partition coefficient (Wildman–Crippen LogP) is 1.57. The van der Waals surface area contributed by atoms with Crippen LogP contribution in [0.1, 0.15) is 31.2 Å². The summed E-state index contributed by atoms with van der Waals surface area (Å²) in [5.41, 5.74) is 5.31. The molecule has 20 heavy (non-hydrogen) atoms. The summed E-state index contributed by atoms with van der Waals surface area (Å²) in [5, 5.41) is 22.4. The Morgan fingerprint density at radius 1 is 1.55 bits per heavy atom. The molecule has 2 rings (SSSR count). The van der Waals surface area contributed by atoms with Gasteiger partial charge in [0.2, 0.25) is 0 Å². The molecule has 0 saturated heterocycles. The maximum Gasteiger partial charge on any atom is 0.171 e. The Hall–Kier alpha value is -1.53. The number of aliphatic hydroxyl groups is 1. The Morgan fingerprint density at radius 2 is 2.20 bits per heavy atom. The van der Waals surface area contributed by atoms with Crippen LogP contribution in [-0.2, 0) is 0 Å². The number of anilines is 1. The van der Waals surface area contributed by atoms with E-state index in [1.807, 2.05) is 11.9 Å². The summed E-state index contributed by atoms with van der Waals surface area (Å²) in [7, 11) is 1.82. The topological polar surface area (TPSA) is 95.0 Å². The lowest BCUT2D eigenvalue weighted by atomic mass is 10.0. The van der Waals surface area contributed by atoms with Crippen LogP contribution < -0.4 is 10.6 Å². The van der Waals surface area contributed by atoms with Crippen LogP contribution in [0.15, 0.2) is 17.4 Å². The molecule has 0 spiro atoms. The molecular weight excluding hydrogens is 280 g/mol. The second-order valence-electron chi connectivity index (χ2n) is 5.27. The fourth-order valence-corrected chi connectivity index (χ4v) is 3.01. The summed E-state index contributed by atoms with van der Waals surface area (Å²) in [4.78, 5) is 6.03. The number of nitrogens with two attached hydrogens (primary N) is 1. The summed E-state index contributed by atoms with van der Waals surface area (Å²) in [5.74, 6) is 0.447. The van der Waals surface area contributed by atoms with Crippen LogP contribution in [0.5, 0.6) is 0 Å². The molecule has 1 fully saturated rings. The summed E-state index contributed by atoms with van der Waals surface area (Å²) in [6.07, 6.45) is 5.19. The molecule has 6 nitrogen and oxygen atoms in total. The minimum absolute atomic E-state index is 0.0633. The maximum atomic E-state index is 10.4. The average Bonchev–Trinajstić information content (AvgIpc) is 2.84. The predicted molar refractivity (Wildman–Crippen MR) is 78.4 cm³/mol. The first-order valence-electron chi connectivity index (χ1n) is 6.53. The molecular formula is C13H19ClN4O2. The van der Waals surface area contributed by atoms with Gasteiger partial charge in [0.15, 0.2) is 5.84 Å². The number of nitrogens with zero attached hydrogens (tertiary/aromatic N) is 3. The van der Waals surface area contributed by atoms with Crippen LogP contribution in [0.25, 0.3) is 0 Å². The van der Waals surface area contributed by atoms with Gasteiger partial charge in [0.1, 0.15) is 5.82 Å². The van der Waals surface area contributed by atoms with Crippen LogP contribution in [0.2, 0.25) is 5.02 Å². The van der Waals surface area contributed by atoms with Gasteiger partial charge in [-0.2, -0.15) is 0 Å². The highest BCUT2D eigenvalue weighted by atomic mass is 35.5. The van der Waals surface area contributed by atoms with Crippen molar-refractivity contribution in [2.24, 2.45) is 10.9 Å². The van der Waals surface area contributed by atoms with Crippen molar-refractivity contribution in [2.45, 2.75) is 31.3 Å². The van der Waals surface area contributed by atoms with E-state index in [1.54, 1.807) is 12.3 Å². The first-order chi connectivity index (χ1) is 9.47. The van der Waals surface area contributed by atoms with Gasteiger partial charge in [-0.15, -0.1) is 0 Å². The van der Waals surface area contributed by atoms with Crippen molar-refractivity contribution in [3.63, 3.8) is 0 Å². The fraction of sp³-hybridized carbons (Fsp3) is 0.538. The first kappa shape index (κ1) is 14.9. The van der Waals surface area contributed by atoms with Gasteiger partial charge in [0.25, 0.3) is 0 Å².